The normalized spacial score (nSPS) is 40.1. The van der Waals surface area contributed by atoms with E-state index in [1.807, 2.05) is 6.92 Å². The number of hydrogen-bond acceptors (Lipinski definition) is 5. The van der Waals surface area contributed by atoms with Gasteiger partial charge in [-0.3, -0.25) is 9.59 Å². The maximum absolute atomic E-state index is 12.9. The molecule has 7 atom stereocenters. The molecule has 138 valence electrons. The quantitative estimate of drug-likeness (QED) is 0.729. The highest BCUT2D eigenvalue weighted by atomic mass is 16.6. The molecule has 7 unspecified atom stereocenters. The van der Waals surface area contributed by atoms with Crippen LogP contribution in [0.3, 0.4) is 0 Å². The summed E-state index contributed by atoms with van der Waals surface area (Å²) in [4.78, 5) is 25.2. The average Bonchev–Trinajstić information content (AvgIpc) is 3.01. The Hall–Kier alpha value is -1.57. The van der Waals surface area contributed by atoms with Crippen LogP contribution in [-0.4, -0.2) is 24.1 Å². The number of carbonyl (C=O) groups is 2. The van der Waals surface area contributed by atoms with Crippen LogP contribution in [0.15, 0.2) is 0 Å². The molecule has 25 heavy (non-hydrogen) atoms. The Balaban J connectivity index is 1.80. The van der Waals surface area contributed by atoms with E-state index in [9.17, 15) is 14.9 Å². The van der Waals surface area contributed by atoms with Crippen LogP contribution in [0.25, 0.3) is 0 Å². The van der Waals surface area contributed by atoms with Crippen LogP contribution in [0.2, 0.25) is 0 Å². The first-order valence-corrected chi connectivity index (χ1v) is 9.35. The smallest absolute Gasteiger partial charge is 0.327 e. The fourth-order valence-electron chi connectivity index (χ4n) is 5.25. The van der Waals surface area contributed by atoms with Crippen molar-refractivity contribution in [1.82, 2.24) is 0 Å². The van der Waals surface area contributed by atoms with Gasteiger partial charge in [0.15, 0.2) is 5.41 Å². The van der Waals surface area contributed by atoms with Crippen LogP contribution in [0.5, 0.6) is 0 Å². The molecule has 0 aromatic heterocycles. The topological polar surface area (TPSA) is 76.4 Å². The van der Waals surface area contributed by atoms with Gasteiger partial charge in [0.25, 0.3) is 0 Å². The molecule has 0 spiro atoms. The minimum absolute atomic E-state index is 0.0321. The van der Waals surface area contributed by atoms with E-state index >= 15 is 0 Å². The first kappa shape index (κ1) is 18.2. The molecule has 2 bridgehead atoms. The largest absolute Gasteiger partial charge is 0.458 e. The first-order valence-electron chi connectivity index (χ1n) is 9.35. The van der Waals surface area contributed by atoms with Crippen LogP contribution < -0.4 is 0 Å². The van der Waals surface area contributed by atoms with Crippen molar-refractivity contribution in [3.05, 3.63) is 0 Å². The Morgan fingerprint density at radius 2 is 2.08 bits per heavy atom. The summed E-state index contributed by atoms with van der Waals surface area (Å²) in [5.41, 5.74) is -1.20. The molecule has 0 aromatic rings. The molecule has 5 heteroatoms. The number of carbonyl (C=O) groups excluding carboxylic acids is 2. The predicted molar refractivity (Wildman–Crippen MR) is 91.0 cm³/mol. The van der Waals surface area contributed by atoms with Crippen molar-refractivity contribution in [1.29, 1.82) is 5.26 Å². The van der Waals surface area contributed by atoms with Crippen LogP contribution in [0, 0.1) is 51.8 Å². The Labute approximate surface area is 150 Å². The second kappa shape index (κ2) is 5.72. The highest BCUT2D eigenvalue weighted by Crippen LogP contribution is 2.65. The maximum Gasteiger partial charge on any atom is 0.327 e. The van der Waals surface area contributed by atoms with Gasteiger partial charge in [-0.05, 0) is 30.1 Å². The van der Waals surface area contributed by atoms with Gasteiger partial charge in [-0.1, -0.05) is 41.5 Å². The van der Waals surface area contributed by atoms with E-state index in [0.717, 1.165) is 6.42 Å². The molecule has 5 nitrogen and oxygen atoms in total. The monoisotopic (exact) mass is 347 g/mol. The zero-order valence-corrected chi connectivity index (χ0v) is 16.0. The molecule has 1 aliphatic heterocycles. The Bertz CT molecular complexity index is 629. The van der Waals surface area contributed by atoms with E-state index in [2.05, 4.69) is 40.7 Å². The number of nitrogens with zero attached hydrogens (tertiary/aromatic N) is 1. The van der Waals surface area contributed by atoms with Crippen LogP contribution in [0.4, 0.5) is 0 Å². The lowest BCUT2D eigenvalue weighted by Gasteiger charge is -2.34. The van der Waals surface area contributed by atoms with Crippen molar-refractivity contribution in [2.75, 3.05) is 0 Å². The molecule has 0 N–H and O–H groups in total. The average molecular weight is 347 g/mol. The van der Waals surface area contributed by atoms with Crippen molar-refractivity contribution in [2.24, 2.45) is 40.4 Å². The molecular formula is C20H29NO4. The highest BCUT2D eigenvalue weighted by Gasteiger charge is 2.75. The van der Waals surface area contributed by atoms with Gasteiger partial charge in [0.05, 0.1) is 12.0 Å². The third-order valence-corrected chi connectivity index (χ3v) is 6.56. The Morgan fingerprint density at radius 3 is 2.60 bits per heavy atom. The van der Waals surface area contributed by atoms with Crippen LogP contribution >= 0.6 is 0 Å². The fraction of sp³-hybridized carbons (Fsp3) is 0.850. The van der Waals surface area contributed by atoms with Gasteiger partial charge in [-0.25, -0.2) is 0 Å². The summed E-state index contributed by atoms with van der Waals surface area (Å²) in [7, 11) is 0. The number of rotatable bonds is 4. The van der Waals surface area contributed by atoms with Crippen molar-refractivity contribution in [3.8, 4) is 6.07 Å². The van der Waals surface area contributed by atoms with Crippen molar-refractivity contribution >= 4 is 11.9 Å². The molecule has 3 fully saturated rings. The maximum atomic E-state index is 12.9. The second-order valence-corrected chi connectivity index (χ2v) is 9.66. The summed E-state index contributed by atoms with van der Waals surface area (Å²) in [6.07, 6.45) is 0.361. The number of fused-ring (bicyclic) bond motifs is 1. The number of ether oxygens (including phenoxy) is 2. The van der Waals surface area contributed by atoms with Crippen molar-refractivity contribution in [2.45, 2.75) is 66.6 Å². The van der Waals surface area contributed by atoms with Gasteiger partial charge in [-0.15, -0.1) is 0 Å². The highest BCUT2D eigenvalue weighted by molar-refractivity contribution is 5.85. The number of esters is 2. The lowest BCUT2D eigenvalue weighted by molar-refractivity contribution is -0.169. The minimum atomic E-state index is -1.01. The Kier molecular flexibility index (Phi) is 4.17. The summed E-state index contributed by atoms with van der Waals surface area (Å²) in [6, 6.07) is 2.21. The summed E-state index contributed by atoms with van der Waals surface area (Å²) in [5.74, 6) is -0.377. The van der Waals surface area contributed by atoms with Gasteiger partial charge < -0.3 is 9.47 Å². The standard InChI is InChI=1S/C20H29NO4/c1-10(2)7-13(19(4,5)6)17(22)24-15-12-8-20(9-21)14(11(12)3)16(15)25-18(20)23/h10-16H,7-8H2,1-6H3. The predicted octanol–water partition coefficient (Wildman–Crippen LogP) is 3.33. The molecule has 2 saturated carbocycles. The van der Waals surface area contributed by atoms with E-state index < -0.39 is 23.6 Å². The lowest BCUT2D eigenvalue weighted by Crippen LogP contribution is -2.42. The third kappa shape index (κ3) is 2.56. The van der Waals surface area contributed by atoms with E-state index in [-0.39, 0.29) is 35.1 Å². The van der Waals surface area contributed by atoms with Gasteiger partial charge in [0.1, 0.15) is 12.2 Å². The van der Waals surface area contributed by atoms with E-state index in [1.54, 1.807) is 0 Å². The molecule has 1 saturated heterocycles. The zero-order chi connectivity index (χ0) is 18.7. The van der Waals surface area contributed by atoms with Gasteiger partial charge >= 0.3 is 11.9 Å². The molecule has 0 radical (unpaired) electrons. The van der Waals surface area contributed by atoms with E-state index in [4.69, 9.17) is 9.47 Å². The second-order valence-electron chi connectivity index (χ2n) is 9.66. The molecule has 3 rings (SSSR count). The Morgan fingerprint density at radius 1 is 1.44 bits per heavy atom. The fourth-order valence-corrected chi connectivity index (χ4v) is 5.25. The zero-order valence-electron chi connectivity index (χ0n) is 16.0. The summed E-state index contributed by atoms with van der Waals surface area (Å²) >= 11 is 0. The van der Waals surface area contributed by atoms with Crippen LogP contribution in [-0.2, 0) is 19.1 Å². The molecule has 0 amide bonds. The lowest BCUT2D eigenvalue weighted by atomic mass is 9.74. The molecule has 0 aromatic carbocycles. The molecule has 3 aliphatic rings. The summed E-state index contributed by atoms with van der Waals surface area (Å²) < 4.78 is 11.5. The van der Waals surface area contributed by atoms with Crippen molar-refractivity contribution in [3.63, 3.8) is 0 Å². The number of hydrogen-bond donors (Lipinski definition) is 0. The first-order chi connectivity index (χ1) is 11.5. The van der Waals surface area contributed by atoms with Gasteiger partial charge in [0, 0.05) is 11.8 Å². The van der Waals surface area contributed by atoms with E-state index in [0.29, 0.717) is 12.3 Å². The van der Waals surface area contributed by atoms with E-state index in [1.165, 1.54) is 0 Å². The van der Waals surface area contributed by atoms with Crippen molar-refractivity contribution < 1.29 is 19.1 Å². The molecule has 2 aliphatic carbocycles. The molecular weight excluding hydrogens is 318 g/mol. The SMILES string of the molecule is CC(C)CC(C(=O)OC1C2CC3(C#N)C(=O)OC1C3C2C)C(C)(C)C. The minimum Gasteiger partial charge on any atom is -0.458 e. The summed E-state index contributed by atoms with van der Waals surface area (Å²) in [6.45, 7) is 12.4. The molecule has 1 heterocycles. The number of nitriles is 1. The van der Waals surface area contributed by atoms with Crippen LogP contribution in [0.1, 0.15) is 54.4 Å². The van der Waals surface area contributed by atoms with Gasteiger partial charge in [0.2, 0.25) is 0 Å². The third-order valence-electron chi connectivity index (χ3n) is 6.56. The van der Waals surface area contributed by atoms with Gasteiger partial charge in [-0.2, -0.15) is 5.26 Å². The summed E-state index contributed by atoms with van der Waals surface area (Å²) in [5, 5.41) is 9.56.